The molecular weight excluding hydrogens is 350 g/mol. The van der Waals surface area contributed by atoms with Gasteiger partial charge in [0.05, 0.1) is 0 Å². The zero-order chi connectivity index (χ0) is 19.7. The molecule has 146 valence electrons. The van der Waals surface area contributed by atoms with Crippen LogP contribution in [0.3, 0.4) is 0 Å². The van der Waals surface area contributed by atoms with Crippen molar-refractivity contribution in [1.29, 1.82) is 0 Å². The SMILES string of the molecule is CC(C)(C)c1ccc(NC(=O)COc2ccc3oc4c(c3c2)CCCC4)cc1. The molecule has 1 aliphatic carbocycles. The highest BCUT2D eigenvalue weighted by molar-refractivity contribution is 5.92. The van der Waals surface area contributed by atoms with E-state index in [1.807, 2.05) is 42.5 Å². The predicted molar refractivity (Wildman–Crippen MR) is 112 cm³/mol. The molecule has 0 saturated carbocycles. The van der Waals surface area contributed by atoms with Crippen LogP contribution in [0.1, 0.15) is 50.5 Å². The molecule has 4 heteroatoms. The van der Waals surface area contributed by atoms with Gasteiger partial charge in [0.25, 0.3) is 5.91 Å². The molecule has 0 unspecified atom stereocenters. The summed E-state index contributed by atoms with van der Waals surface area (Å²) in [6.07, 6.45) is 4.45. The summed E-state index contributed by atoms with van der Waals surface area (Å²) in [4.78, 5) is 12.3. The first-order chi connectivity index (χ1) is 13.4. The Labute approximate surface area is 165 Å². The minimum atomic E-state index is -0.169. The minimum Gasteiger partial charge on any atom is -0.484 e. The van der Waals surface area contributed by atoms with E-state index in [1.54, 1.807) is 0 Å². The van der Waals surface area contributed by atoms with Crippen molar-refractivity contribution in [3.05, 3.63) is 59.4 Å². The van der Waals surface area contributed by atoms with Gasteiger partial charge < -0.3 is 14.5 Å². The number of rotatable bonds is 4. The Morgan fingerprint density at radius 3 is 2.57 bits per heavy atom. The third-order valence-corrected chi connectivity index (χ3v) is 5.33. The van der Waals surface area contributed by atoms with Crippen LogP contribution in [0.25, 0.3) is 11.0 Å². The zero-order valence-corrected chi connectivity index (χ0v) is 16.8. The average molecular weight is 377 g/mol. The Balaban J connectivity index is 1.39. The number of ether oxygens (including phenoxy) is 1. The first-order valence-corrected chi connectivity index (χ1v) is 9.98. The number of hydrogen-bond acceptors (Lipinski definition) is 3. The van der Waals surface area contributed by atoms with E-state index >= 15 is 0 Å². The summed E-state index contributed by atoms with van der Waals surface area (Å²) >= 11 is 0. The van der Waals surface area contributed by atoms with Crippen LogP contribution in [-0.4, -0.2) is 12.5 Å². The van der Waals surface area contributed by atoms with Gasteiger partial charge in [-0.05, 0) is 60.6 Å². The Morgan fingerprint density at radius 2 is 1.82 bits per heavy atom. The van der Waals surface area contributed by atoms with Crippen LogP contribution in [0.4, 0.5) is 5.69 Å². The lowest BCUT2D eigenvalue weighted by Gasteiger charge is -2.19. The van der Waals surface area contributed by atoms with E-state index in [4.69, 9.17) is 9.15 Å². The molecule has 1 amide bonds. The van der Waals surface area contributed by atoms with Crippen molar-refractivity contribution < 1.29 is 13.9 Å². The second-order valence-corrected chi connectivity index (χ2v) is 8.53. The highest BCUT2D eigenvalue weighted by Gasteiger charge is 2.18. The Morgan fingerprint density at radius 1 is 1.07 bits per heavy atom. The highest BCUT2D eigenvalue weighted by Crippen LogP contribution is 2.34. The van der Waals surface area contributed by atoms with Crippen molar-refractivity contribution in [2.24, 2.45) is 0 Å². The van der Waals surface area contributed by atoms with Crippen LogP contribution in [0.15, 0.2) is 46.9 Å². The van der Waals surface area contributed by atoms with Crippen molar-refractivity contribution in [1.82, 2.24) is 0 Å². The first kappa shape index (κ1) is 18.6. The lowest BCUT2D eigenvalue weighted by molar-refractivity contribution is -0.118. The van der Waals surface area contributed by atoms with Crippen molar-refractivity contribution in [2.75, 3.05) is 11.9 Å². The third kappa shape index (κ3) is 3.91. The van der Waals surface area contributed by atoms with Crippen LogP contribution < -0.4 is 10.1 Å². The normalized spacial score (nSPS) is 14.0. The predicted octanol–water partition coefficient (Wildman–Crippen LogP) is 5.63. The van der Waals surface area contributed by atoms with Gasteiger partial charge >= 0.3 is 0 Å². The maximum atomic E-state index is 12.3. The molecule has 0 spiro atoms. The summed E-state index contributed by atoms with van der Waals surface area (Å²) in [5.41, 5.74) is 4.31. The molecule has 0 atom stereocenters. The number of benzene rings is 2. The van der Waals surface area contributed by atoms with Crippen molar-refractivity contribution in [3.63, 3.8) is 0 Å². The molecule has 0 saturated heterocycles. The summed E-state index contributed by atoms with van der Waals surface area (Å²) < 4.78 is 11.7. The molecule has 0 bridgehead atoms. The topological polar surface area (TPSA) is 51.5 Å². The molecular formula is C24H27NO3. The molecule has 0 fully saturated rings. The monoisotopic (exact) mass is 377 g/mol. The van der Waals surface area contributed by atoms with Gasteiger partial charge in [-0.2, -0.15) is 0 Å². The number of fused-ring (bicyclic) bond motifs is 3. The van der Waals surface area contributed by atoms with Gasteiger partial charge in [-0.25, -0.2) is 0 Å². The standard InChI is InChI=1S/C24H27NO3/c1-24(2,3)16-8-10-17(11-9-16)25-23(26)15-27-18-12-13-22-20(14-18)19-6-4-5-7-21(19)28-22/h8-14H,4-7,15H2,1-3H3,(H,25,26). The molecule has 3 aromatic rings. The Hall–Kier alpha value is -2.75. The quantitative estimate of drug-likeness (QED) is 0.641. The van der Waals surface area contributed by atoms with Gasteiger partial charge in [-0.1, -0.05) is 32.9 Å². The second kappa shape index (κ2) is 7.34. The van der Waals surface area contributed by atoms with E-state index in [0.29, 0.717) is 5.75 Å². The van der Waals surface area contributed by atoms with Gasteiger partial charge in [0, 0.05) is 23.1 Å². The van der Waals surface area contributed by atoms with Gasteiger partial charge in [0.15, 0.2) is 6.61 Å². The number of anilines is 1. The number of carbonyl (C=O) groups is 1. The number of nitrogens with one attached hydrogen (secondary N) is 1. The summed E-state index contributed by atoms with van der Waals surface area (Å²) in [7, 11) is 0. The highest BCUT2D eigenvalue weighted by atomic mass is 16.5. The number of furan rings is 1. The van der Waals surface area contributed by atoms with E-state index in [2.05, 4.69) is 26.1 Å². The smallest absolute Gasteiger partial charge is 0.262 e. The molecule has 4 rings (SSSR count). The second-order valence-electron chi connectivity index (χ2n) is 8.53. The molecule has 4 nitrogen and oxygen atoms in total. The molecule has 0 radical (unpaired) electrons. The van der Waals surface area contributed by atoms with Gasteiger partial charge in [0.1, 0.15) is 17.1 Å². The molecule has 2 aromatic carbocycles. The Kier molecular flexibility index (Phi) is 4.88. The van der Waals surface area contributed by atoms with Crippen LogP contribution in [-0.2, 0) is 23.1 Å². The molecule has 0 aliphatic heterocycles. The van der Waals surface area contributed by atoms with E-state index in [9.17, 15) is 4.79 Å². The lowest BCUT2D eigenvalue weighted by Crippen LogP contribution is -2.20. The molecule has 1 aliphatic rings. The fraction of sp³-hybridized carbons (Fsp3) is 0.375. The van der Waals surface area contributed by atoms with E-state index in [0.717, 1.165) is 35.3 Å². The van der Waals surface area contributed by atoms with Crippen LogP contribution in [0.5, 0.6) is 5.75 Å². The van der Waals surface area contributed by atoms with Crippen molar-refractivity contribution in [3.8, 4) is 5.75 Å². The van der Waals surface area contributed by atoms with Gasteiger partial charge in [0.2, 0.25) is 0 Å². The van der Waals surface area contributed by atoms with E-state index < -0.39 is 0 Å². The summed E-state index contributed by atoms with van der Waals surface area (Å²) in [5.74, 6) is 1.63. The largest absolute Gasteiger partial charge is 0.484 e. The Bertz CT molecular complexity index is 993. The average Bonchev–Trinajstić information content (AvgIpc) is 3.04. The van der Waals surface area contributed by atoms with Crippen LogP contribution >= 0.6 is 0 Å². The minimum absolute atomic E-state index is 0.0213. The maximum Gasteiger partial charge on any atom is 0.262 e. The van der Waals surface area contributed by atoms with Crippen LogP contribution in [0.2, 0.25) is 0 Å². The van der Waals surface area contributed by atoms with Crippen molar-refractivity contribution in [2.45, 2.75) is 51.9 Å². The van der Waals surface area contributed by atoms with Gasteiger partial charge in [-0.15, -0.1) is 0 Å². The fourth-order valence-corrected chi connectivity index (χ4v) is 3.73. The van der Waals surface area contributed by atoms with Crippen molar-refractivity contribution >= 4 is 22.6 Å². The first-order valence-electron chi connectivity index (χ1n) is 9.98. The zero-order valence-electron chi connectivity index (χ0n) is 16.8. The number of carbonyl (C=O) groups excluding carboxylic acids is 1. The summed E-state index contributed by atoms with van der Waals surface area (Å²) in [6.45, 7) is 6.49. The molecule has 1 aromatic heterocycles. The molecule has 1 heterocycles. The number of aryl methyl sites for hydroxylation is 2. The number of hydrogen-bond donors (Lipinski definition) is 1. The summed E-state index contributed by atoms with van der Waals surface area (Å²) in [6, 6.07) is 13.8. The van der Waals surface area contributed by atoms with Gasteiger partial charge in [-0.3, -0.25) is 4.79 Å². The summed E-state index contributed by atoms with van der Waals surface area (Å²) in [5, 5.41) is 4.01. The van der Waals surface area contributed by atoms with E-state index in [-0.39, 0.29) is 17.9 Å². The molecule has 28 heavy (non-hydrogen) atoms. The fourth-order valence-electron chi connectivity index (χ4n) is 3.73. The number of amides is 1. The lowest BCUT2D eigenvalue weighted by atomic mass is 9.87. The van der Waals surface area contributed by atoms with Crippen LogP contribution in [0, 0.1) is 0 Å². The third-order valence-electron chi connectivity index (χ3n) is 5.33. The van der Waals surface area contributed by atoms with E-state index in [1.165, 1.54) is 24.0 Å². The molecule has 1 N–H and O–H groups in total. The maximum absolute atomic E-state index is 12.3.